The van der Waals surface area contributed by atoms with Gasteiger partial charge in [-0.15, -0.1) is 0 Å². The Morgan fingerprint density at radius 2 is 1.63 bits per heavy atom. The Balaban J connectivity index is 1.22. The Morgan fingerprint density at radius 3 is 2.37 bits per heavy atom. The lowest BCUT2D eigenvalue weighted by atomic mass is 9.69. The fourth-order valence-corrected chi connectivity index (χ4v) is 7.61. The Morgan fingerprint density at radius 1 is 0.868 bits per heavy atom. The maximum Gasteiger partial charge on any atom is 0.133 e. The van der Waals surface area contributed by atoms with E-state index in [9.17, 15) is 9.90 Å². The SMILES string of the molecule is O=CCN1CCCC2(CCC1)CCN(c1ccc(C3c4ccc(O)cc4CCC3c3ccccc3)cc1)C2. The van der Waals surface area contributed by atoms with Crippen LogP contribution < -0.4 is 4.90 Å². The molecular formula is C34H40N2O2. The minimum absolute atomic E-state index is 0.292. The van der Waals surface area contributed by atoms with Gasteiger partial charge in [0.25, 0.3) is 0 Å². The molecule has 38 heavy (non-hydrogen) atoms. The molecule has 3 aromatic rings. The van der Waals surface area contributed by atoms with Crippen LogP contribution in [-0.4, -0.2) is 49.0 Å². The molecule has 0 saturated carbocycles. The summed E-state index contributed by atoms with van der Waals surface area (Å²) in [4.78, 5) is 15.9. The molecule has 3 aliphatic rings. The molecule has 2 fully saturated rings. The predicted octanol–water partition coefficient (Wildman–Crippen LogP) is 6.53. The summed E-state index contributed by atoms with van der Waals surface area (Å²) in [6, 6.07) is 26.3. The predicted molar refractivity (Wildman–Crippen MR) is 154 cm³/mol. The van der Waals surface area contributed by atoms with E-state index in [-0.39, 0.29) is 0 Å². The first kappa shape index (κ1) is 25.2. The van der Waals surface area contributed by atoms with Gasteiger partial charge >= 0.3 is 0 Å². The average molecular weight is 509 g/mol. The van der Waals surface area contributed by atoms with Crippen molar-refractivity contribution in [3.8, 4) is 5.75 Å². The van der Waals surface area contributed by atoms with Crippen LogP contribution in [-0.2, 0) is 11.2 Å². The van der Waals surface area contributed by atoms with Crippen molar-refractivity contribution in [1.82, 2.24) is 4.90 Å². The molecule has 0 bridgehead atoms. The van der Waals surface area contributed by atoms with Gasteiger partial charge in [0.05, 0.1) is 6.54 Å². The Labute approximate surface area is 227 Å². The fraction of sp³-hybridized carbons (Fsp3) is 0.441. The Hall–Kier alpha value is -3.11. The summed E-state index contributed by atoms with van der Waals surface area (Å²) in [5, 5.41) is 10.1. The second-order valence-electron chi connectivity index (χ2n) is 11.9. The highest BCUT2D eigenvalue weighted by Gasteiger charge is 2.38. The Bertz CT molecular complexity index is 1230. The summed E-state index contributed by atoms with van der Waals surface area (Å²) < 4.78 is 0. The van der Waals surface area contributed by atoms with Crippen LogP contribution in [0.1, 0.15) is 72.6 Å². The molecule has 1 aliphatic carbocycles. The zero-order valence-corrected chi connectivity index (χ0v) is 22.4. The minimum atomic E-state index is 0.292. The van der Waals surface area contributed by atoms with E-state index in [1.54, 1.807) is 0 Å². The van der Waals surface area contributed by atoms with Crippen LogP contribution in [0.5, 0.6) is 5.75 Å². The van der Waals surface area contributed by atoms with Crippen molar-refractivity contribution in [3.63, 3.8) is 0 Å². The van der Waals surface area contributed by atoms with Crippen molar-refractivity contribution in [3.05, 3.63) is 95.1 Å². The number of hydrogen-bond acceptors (Lipinski definition) is 4. The smallest absolute Gasteiger partial charge is 0.133 e. The van der Waals surface area contributed by atoms with Gasteiger partial charge in [0.1, 0.15) is 12.0 Å². The zero-order valence-electron chi connectivity index (χ0n) is 22.4. The highest BCUT2D eigenvalue weighted by atomic mass is 16.3. The number of carbonyl (C=O) groups is 1. The summed E-state index contributed by atoms with van der Waals surface area (Å²) in [5.41, 5.74) is 7.17. The largest absolute Gasteiger partial charge is 0.508 e. The lowest BCUT2D eigenvalue weighted by molar-refractivity contribution is -0.109. The maximum absolute atomic E-state index is 11.0. The molecule has 3 aromatic carbocycles. The number of fused-ring (bicyclic) bond motifs is 1. The van der Waals surface area contributed by atoms with Gasteiger partial charge in [0, 0.05) is 24.7 Å². The molecule has 2 aliphatic heterocycles. The van der Waals surface area contributed by atoms with Gasteiger partial charge < -0.3 is 14.8 Å². The number of hydrogen-bond donors (Lipinski definition) is 1. The number of aryl methyl sites for hydroxylation is 1. The molecule has 1 N–H and O–H groups in total. The first-order chi connectivity index (χ1) is 18.6. The standard InChI is InChI=1S/C34H40N2O2/c37-23-22-35-19-4-16-34(17-5-20-35)18-21-36(25-34)29-11-8-27(9-12-29)33-31(26-6-2-1-3-7-26)14-10-28-24-30(38)13-15-32(28)33/h1-3,6-9,11-13,15,23-24,31,33,38H,4-5,10,14,16-22,25H2. The molecule has 1 spiro atoms. The number of phenolic OH excluding ortho intramolecular Hbond substituents is 1. The molecule has 198 valence electrons. The molecule has 4 nitrogen and oxygen atoms in total. The fourth-order valence-electron chi connectivity index (χ4n) is 7.61. The molecule has 2 unspecified atom stereocenters. The van der Waals surface area contributed by atoms with Gasteiger partial charge in [-0.3, -0.25) is 4.90 Å². The third-order valence-corrected chi connectivity index (χ3v) is 9.57. The highest BCUT2D eigenvalue weighted by Crippen LogP contribution is 2.48. The van der Waals surface area contributed by atoms with Gasteiger partial charge in [0.2, 0.25) is 0 Å². The van der Waals surface area contributed by atoms with E-state index in [0.717, 1.165) is 45.3 Å². The molecule has 6 rings (SSSR count). The van der Waals surface area contributed by atoms with E-state index in [1.165, 1.54) is 60.0 Å². The quantitative estimate of drug-likeness (QED) is 0.398. The number of rotatable bonds is 5. The first-order valence-corrected chi connectivity index (χ1v) is 14.5. The number of nitrogens with zero attached hydrogens (tertiary/aromatic N) is 2. The lowest BCUT2D eigenvalue weighted by Crippen LogP contribution is -2.35. The van der Waals surface area contributed by atoms with Crippen LogP contribution in [0.3, 0.4) is 0 Å². The molecule has 2 atom stereocenters. The van der Waals surface area contributed by atoms with E-state index in [4.69, 9.17) is 0 Å². The second-order valence-corrected chi connectivity index (χ2v) is 11.9. The summed E-state index contributed by atoms with van der Waals surface area (Å²) in [5.74, 6) is 1.09. The topological polar surface area (TPSA) is 43.8 Å². The van der Waals surface area contributed by atoms with Crippen LogP contribution in [0.4, 0.5) is 5.69 Å². The lowest BCUT2D eigenvalue weighted by Gasteiger charge is -2.35. The van der Waals surface area contributed by atoms with Crippen molar-refractivity contribution >= 4 is 12.0 Å². The average Bonchev–Trinajstić information content (AvgIpc) is 3.36. The van der Waals surface area contributed by atoms with Gasteiger partial charge in [-0.2, -0.15) is 0 Å². The van der Waals surface area contributed by atoms with Crippen molar-refractivity contribution in [2.24, 2.45) is 5.41 Å². The van der Waals surface area contributed by atoms with Gasteiger partial charge in [-0.25, -0.2) is 0 Å². The van der Waals surface area contributed by atoms with Gasteiger partial charge in [-0.1, -0.05) is 48.5 Å². The van der Waals surface area contributed by atoms with Crippen LogP contribution in [0, 0.1) is 5.41 Å². The molecule has 0 radical (unpaired) electrons. The van der Waals surface area contributed by atoms with Crippen molar-refractivity contribution in [2.75, 3.05) is 37.6 Å². The summed E-state index contributed by atoms with van der Waals surface area (Å²) in [6.45, 7) is 4.98. The summed E-state index contributed by atoms with van der Waals surface area (Å²) in [6.07, 6.45) is 9.33. The second kappa shape index (κ2) is 10.9. The molecule has 2 heterocycles. The van der Waals surface area contributed by atoms with Crippen molar-refractivity contribution in [1.29, 1.82) is 0 Å². The number of likely N-dealkylation sites (tertiary alicyclic amines) is 1. The van der Waals surface area contributed by atoms with Gasteiger partial charge in [0.15, 0.2) is 0 Å². The third-order valence-electron chi connectivity index (χ3n) is 9.57. The number of aldehydes is 1. The molecule has 0 amide bonds. The van der Waals surface area contributed by atoms with Crippen LogP contribution in [0.2, 0.25) is 0 Å². The number of benzene rings is 3. The highest BCUT2D eigenvalue weighted by molar-refractivity contribution is 5.53. The minimum Gasteiger partial charge on any atom is -0.508 e. The maximum atomic E-state index is 11.0. The Kier molecular flexibility index (Phi) is 7.25. The molecule has 0 aromatic heterocycles. The monoisotopic (exact) mass is 508 g/mol. The molecular weight excluding hydrogens is 468 g/mol. The molecule has 4 heteroatoms. The third kappa shape index (κ3) is 5.11. The van der Waals surface area contributed by atoms with E-state index in [2.05, 4.69) is 70.5 Å². The molecule has 2 saturated heterocycles. The van der Waals surface area contributed by atoms with Crippen LogP contribution in [0.15, 0.2) is 72.8 Å². The number of anilines is 1. The number of carbonyl (C=O) groups excluding carboxylic acids is 1. The van der Waals surface area contributed by atoms with E-state index in [0.29, 0.717) is 29.5 Å². The zero-order chi connectivity index (χ0) is 26.0. The van der Waals surface area contributed by atoms with E-state index in [1.807, 2.05) is 12.1 Å². The van der Waals surface area contributed by atoms with Gasteiger partial charge in [-0.05, 0) is 116 Å². The van der Waals surface area contributed by atoms with E-state index < -0.39 is 0 Å². The normalized spacial score (nSPS) is 23.5. The van der Waals surface area contributed by atoms with Crippen molar-refractivity contribution in [2.45, 2.75) is 56.8 Å². The number of aromatic hydroxyl groups is 1. The summed E-state index contributed by atoms with van der Waals surface area (Å²) in [7, 11) is 0. The summed E-state index contributed by atoms with van der Waals surface area (Å²) >= 11 is 0. The first-order valence-electron chi connectivity index (χ1n) is 14.5. The van der Waals surface area contributed by atoms with Crippen LogP contribution >= 0.6 is 0 Å². The van der Waals surface area contributed by atoms with E-state index >= 15 is 0 Å². The van der Waals surface area contributed by atoms with Crippen molar-refractivity contribution < 1.29 is 9.90 Å². The number of phenols is 1. The van der Waals surface area contributed by atoms with Crippen LogP contribution in [0.25, 0.3) is 0 Å².